The highest BCUT2D eigenvalue weighted by atomic mass is 16.3. The molecule has 4 N–H and O–H groups in total. The molecule has 0 aromatic rings. The lowest BCUT2D eigenvalue weighted by Crippen LogP contribution is -2.48. The zero-order valence-electron chi connectivity index (χ0n) is 12.0. The van der Waals surface area contributed by atoms with Crippen molar-refractivity contribution in [3.05, 3.63) is 0 Å². The molecule has 0 heterocycles. The number of hydrogen-bond acceptors (Lipinski definition) is 3. The molecule has 106 valence electrons. The van der Waals surface area contributed by atoms with Crippen LogP contribution in [0.4, 0.5) is 0 Å². The van der Waals surface area contributed by atoms with Crippen LogP contribution in [0.2, 0.25) is 0 Å². The number of amides is 1. The van der Waals surface area contributed by atoms with Crippen molar-refractivity contribution in [1.82, 2.24) is 5.32 Å². The molecule has 0 saturated heterocycles. The highest BCUT2D eigenvalue weighted by Crippen LogP contribution is 2.30. The highest BCUT2D eigenvalue weighted by Gasteiger charge is 2.33. The van der Waals surface area contributed by atoms with Crippen LogP contribution in [0.3, 0.4) is 0 Å². The third-order valence-corrected chi connectivity index (χ3v) is 3.84. The van der Waals surface area contributed by atoms with Crippen LogP contribution in [0.15, 0.2) is 0 Å². The van der Waals surface area contributed by atoms with Crippen LogP contribution < -0.4 is 11.1 Å². The summed E-state index contributed by atoms with van der Waals surface area (Å²) in [6.07, 6.45) is 4.04. The molecule has 1 amide bonds. The predicted octanol–water partition coefficient (Wildman–Crippen LogP) is 1.42. The molecule has 0 aliphatic heterocycles. The topological polar surface area (TPSA) is 75.4 Å². The summed E-state index contributed by atoms with van der Waals surface area (Å²) in [5.41, 5.74) is 5.79. The van der Waals surface area contributed by atoms with Gasteiger partial charge in [0.1, 0.15) is 0 Å². The van der Waals surface area contributed by atoms with Gasteiger partial charge in [-0.2, -0.15) is 0 Å². The Bertz CT molecular complexity index is 276. The van der Waals surface area contributed by atoms with Gasteiger partial charge in [-0.1, -0.05) is 20.8 Å². The van der Waals surface area contributed by atoms with Gasteiger partial charge < -0.3 is 16.2 Å². The maximum absolute atomic E-state index is 12.0. The van der Waals surface area contributed by atoms with Crippen molar-refractivity contribution in [2.24, 2.45) is 17.1 Å². The first-order valence-electron chi connectivity index (χ1n) is 6.93. The Morgan fingerprint density at radius 1 is 1.39 bits per heavy atom. The summed E-state index contributed by atoms with van der Waals surface area (Å²) in [5.74, 6) is 0.229. The molecular formula is C14H28N2O2. The summed E-state index contributed by atoms with van der Waals surface area (Å²) in [4.78, 5) is 12.0. The van der Waals surface area contributed by atoms with Crippen LogP contribution in [0.5, 0.6) is 0 Å². The van der Waals surface area contributed by atoms with Crippen LogP contribution in [0, 0.1) is 11.3 Å². The fraction of sp³-hybridized carbons (Fsp3) is 0.929. The quantitative estimate of drug-likeness (QED) is 0.712. The summed E-state index contributed by atoms with van der Waals surface area (Å²) in [6, 6.07) is 0. The molecular weight excluding hydrogens is 228 g/mol. The van der Waals surface area contributed by atoms with Gasteiger partial charge in [0.2, 0.25) is 5.91 Å². The summed E-state index contributed by atoms with van der Waals surface area (Å²) in [5, 5.41) is 12.2. The molecule has 1 rings (SSSR count). The Morgan fingerprint density at radius 2 is 1.94 bits per heavy atom. The van der Waals surface area contributed by atoms with Gasteiger partial charge in [-0.25, -0.2) is 0 Å². The highest BCUT2D eigenvalue weighted by molar-refractivity contribution is 5.78. The second-order valence-electron chi connectivity index (χ2n) is 6.90. The van der Waals surface area contributed by atoms with Gasteiger partial charge in [0.15, 0.2) is 0 Å². The predicted molar refractivity (Wildman–Crippen MR) is 73.0 cm³/mol. The van der Waals surface area contributed by atoms with Gasteiger partial charge in [-0.3, -0.25) is 4.79 Å². The van der Waals surface area contributed by atoms with E-state index in [0.29, 0.717) is 0 Å². The number of hydrogen-bond donors (Lipinski definition) is 3. The number of nitrogens with two attached hydrogens (primary N) is 1. The summed E-state index contributed by atoms with van der Waals surface area (Å²) >= 11 is 0. The fourth-order valence-electron chi connectivity index (χ4n) is 2.32. The summed E-state index contributed by atoms with van der Waals surface area (Å²) < 4.78 is 0. The van der Waals surface area contributed by atoms with Gasteiger partial charge in [0.05, 0.1) is 6.61 Å². The molecule has 0 atom stereocenters. The molecule has 1 saturated carbocycles. The maximum atomic E-state index is 12.0. The minimum Gasteiger partial charge on any atom is -0.394 e. The first kappa shape index (κ1) is 15.4. The zero-order chi connectivity index (χ0) is 13.8. The SMILES string of the molecule is CC(C)(C)CCNC(=O)C1CCC(N)(CO)CC1. The molecule has 0 radical (unpaired) electrons. The van der Waals surface area contributed by atoms with Crippen molar-refractivity contribution in [3.8, 4) is 0 Å². The van der Waals surface area contributed by atoms with Crippen LogP contribution in [0.25, 0.3) is 0 Å². The smallest absolute Gasteiger partial charge is 0.223 e. The van der Waals surface area contributed by atoms with Crippen molar-refractivity contribution in [3.63, 3.8) is 0 Å². The van der Waals surface area contributed by atoms with Crippen molar-refractivity contribution < 1.29 is 9.90 Å². The monoisotopic (exact) mass is 256 g/mol. The standard InChI is InChI=1S/C14H28N2O2/c1-13(2,3)8-9-16-12(18)11-4-6-14(15,10-17)7-5-11/h11,17H,4-10,15H2,1-3H3,(H,16,18). The Balaban J connectivity index is 2.28. The largest absolute Gasteiger partial charge is 0.394 e. The molecule has 0 aromatic heterocycles. The van der Waals surface area contributed by atoms with Crippen molar-refractivity contribution in [1.29, 1.82) is 0 Å². The number of aliphatic hydroxyl groups is 1. The van der Waals surface area contributed by atoms with E-state index in [9.17, 15) is 9.90 Å². The maximum Gasteiger partial charge on any atom is 0.223 e. The first-order valence-corrected chi connectivity index (χ1v) is 6.93. The molecule has 0 unspecified atom stereocenters. The lowest BCUT2D eigenvalue weighted by atomic mass is 9.77. The Kier molecular flexibility index (Phi) is 5.17. The van der Waals surface area contributed by atoms with E-state index in [-0.39, 0.29) is 23.8 Å². The minimum absolute atomic E-state index is 0.0192. The molecule has 1 aliphatic carbocycles. The van der Waals surface area contributed by atoms with Gasteiger partial charge in [-0.05, 0) is 37.5 Å². The van der Waals surface area contributed by atoms with E-state index in [0.717, 1.165) is 38.6 Å². The van der Waals surface area contributed by atoms with Gasteiger partial charge >= 0.3 is 0 Å². The summed E-state index contributed by atoms with van der Waals surface area (Å²) in [6.45, 7) is 7.27. The Labute approximate surface area is 110 Å². The average Bonchev–Trinajstić information content (AvgIpc) is 2.28. The lowest BCUT2D eigenvalue weighted by molar-refractivity contribution is -0.126. The summed E-state index contributed by atoms with van der Waals surface area (Å²) in [7, 11) is 0. The molecule has 4 nitrogen and oxygen atoms in total. The van der Waals surface area contributed by atoms with E-state index in [4.69, 9.17) is 5.73 Å². The van der Waals surface area contributed by atoms with Crippen LogP contribution >= 0.6 is 0 Å². The van der Waals surface area contributed by atoms with Crippen molar-refractivity contribution in [2.75, 3.05) is 13.2 Å². The molecule has 0 aromatic carbocycles. The number of carbonyl (C=O) groups excluding carboxylic acids is 1. The molecule has 0 bridgehead atoms. The third-order valence-electron chi connectivity index (χ3n) is 3.84. The Morgan fingerprint density at radius 3 is 2.39 bits per heavy atom. The van der Waals surface area contributed by atoms with Crippen LogP contribution in [0.1, 0.15) is 52.9 Å². The molecule has 18 heavy (non-hydrogen) atoms. The Hall–Kier alpha value is -0.610. The average molecular weight is 256 g/mol. The molecule has 0 spiro atoms. The molecule has 1 aliphatic rings. The van der Waals surface area contributed by atoms with Gasteiger partial charge in [0, 0.05) is 18.0 Å². The van der Waals surface area contributed by atoms with Crippen LogP contribution in [-0.2, 0) is 4.79 Å². The number of carbonyl (C=O) groups is 1. The lowest BCUT2D eigenvalue weighted by Gasteiger charge is -2.35. The fourth-order valence-corrected chi connectivity index (χ4v) is 2.32. The van der Waals surface area contributed by atoms with E-state index in [1.807, 2.05) is 0 Å². The molecule has 1 fully saturated rings. The minimum atomic E-state index is -0.456. The second kappa shape index (κ2) is 6.02. The normalized spacial score (nSPS) is 29.1. The number of rotatable bonds is 4. The van der Waals surface area contributed by atoms with Crippen molar-refractivity contribution in [2.45, 2.75) is 58.4 Å². The van der Waals surface area contributed by atoms with E-state index in [2.05, 4.69) is 26.1 Å². The van der Waals surface area contributed by atoms with E-state index in [1.54, 1.807) is 0 Å². The zero-order valence-corrected chi connectivity index (χ0v) is 12.0. The second-order valence-corrected chi connectivity index (χ2v) is 6.90. The van der Waals surface area contributed by atoms with Gasteiger partial charge in [-0.15, -0.1) is 0 Å². The number of nitrogens with one attached hydrogen (secondary N) is 1. The molecule has 4 heteroatoms. The van der Waals surface area contributed by atoms with E-state index >= 15 is 0 Å². The number of aliphatic hydroxyl groups excluding tert-OH is 1. The van der Waals surface area contributed by atoms with Crippen LogP contribution in [-0.4, -0.2) is 29.7 Å². The third kappa shape index (κ3) is 4.94. The van der Waals surface area contributed by atoms with E-state index in [1.165, 1.54) is 0 Å². The first-order chi connectivity index (χ1) is 8.26. The van der Waals surface area contributed by atoms with E-state index < -0.39 is 5.54 Å². The van der Waals surface area contributed by atoms with Crippen molar-refractivity contribution >= 4 is 5.91 Å². The van der Waals surface area contributed by atoms with Gasteiger partial charge in [0.25, 0.3) is 0 Å².